The zero-order valence-electron chi connectivity index (χ0n) is 7.89. The van der Waals surface area contributed by atoms with E-state index in [4.69, 9.17) is 4.52 Å². The normalized spacial score (nSPS) is 25.2. The van der Waals surface area contributed by atoms with E-state index in [0.29, 0.717) is 0 Å². The second kappa shape index (κ2) is 4.73. The standard InChI is InChI=1S/C6H13N2O2PS2/c1-8-4-5-13-6(8)7-11(9,10-2)12-3/h4-5H2,1-3H3/b7-6-. The van der Waals surface area contributed by atoms with Crippen LogP contribution in [0, 0.1) is 0 Å². The third-order valence-corrected chi connectivity index (χ3v) is 6.27. The van der Waals surface area contributed by atoms with Crippen LogP contribution >= 0.6 is 29.9 Å². The lowest BCUT2D eigenvalue weighted by atomic mass is 10.7. The zero-order valence-corrected chi connectivity index (χ0v) is 10.4. The van der Waals surface area contributed by atoms with Crippen molar-refractivity contribution in [3.63, 3.8) is 0 Å². The van der Waals surface area contributed by atoms with Crippen LogP contribution in [0.4, 0.5) is 0 Å². The molecular weight excluding hydrogens is 227 g/mol. The van der Waals surface area contributed by atoms with Crippen molar-refractivity contribution in [2.24, 2.45) is 4.76 Å². The minimum atomic E-state index is -2.83. The van der Waals surface area contributed by atoms with Gasteiger partial charge in [0.15, 0.2) is 5.17 Å². The maximum absolute atomic E-state index is 11.8. The Bertz CT molecular complexity index is 251. The molecule has 0 aromatic heterocycles. The molecule has 1 saturated heterocycles. The minimum absolute atomic E-state index is 0.819. The van der Waals surface area contributed by atoms with Crippen LogP contribution < -0.4 is 0 Å². The largest absolute Gasteiger partial charge is 0.373 e. The van der Waals surface area contributed by atoms with Crippen LogP contribution in [0.5, 0.6) is 0 Å². The van der Waals surface area contributed by atoms with E-state index in [0.717, 1.165) is 17.5 Å². The highest BCUT2D eigenvalue weighted by Crippen LogP contribution is 2.59. The Hall–Kier alpha value is 0.360. The Morgan fingerprint density at radius 1 is 1.77 bits per heavy atom. The Labute approximate surface area is 86.8 Å². The summed E-state index contributed by atoms with van der Waals surface area (Å²) in [5.74, 6) is 1.01. The van der Waals surface area contributed by atoms with Gasteiger partial charge in [-0.15, -0.1) is 0 Å². The Morgan fingerprint density at radius 2 is 2.46 bits per heavy atom. The van der Waals surface area contributed by atoms with Gasteiger partial charge in [0.1, 0.15) is 0 Å². The van der Waals surface area contributed by atoms with E-state index in [-0.39, 0.29) is 0 Å². The molecule has 0 aromatic carbocycles. The summed E-state index contributed by atoms with van der Waals surface area (Å²) in [6.45, 7) is -1.87. The third kappa shape index (κ3) is 2.91. The molecule has 1 rings (SSSR count). The average molecular weight is 240 g/mol. The Morgan fingerprint density at radius 3 is 2.85 bits per heavy atom. The van der Waals surface area contributed by atoms with E-state index in [1.54, 1.807) is 18.0 Å². The van der Waals surface area contributed by atoms with E-state index >= 15 is 0 Å². The van der Waals surface area contributed by atoms with Crippen LogP contribution in [-0.2, 0) is 9.09 Å². The molecule has 76 valence electrons. The molecule has 1 unspecified atom stereocenters. The fourth-order valence-corrected chi connectivity index (χ4v) is 4.01. The van der Waals surface area contributed by atoms with Crippen LogP contribution in [0.1, 0.15) is 0 Å². The SMILES string of the molecule is COP(=O)(/N=C1\SCCN1C)SC. The lowest BCUT2D eigenvalue weighted by molar-refractivity contribution is 0.410. The van der Waals surface area contributed by atoms with Gasteiger partial charge in [-0.3, -0.25) is 4.57 Å². The molecule has 1 heterocycles. The minimum Gasteiger partial charge on any atom is -0.353 e. The molecule has 0 radical (unpaired) electrons. The maximum atomic E-state index is 11.8. The number of nitrogens with zero attached hydrogens (tertiary/aromatic N) is 2. The van der Waals surface area contributed by atoms with Gasteiger partial charge in [-0.1, -0.05) is 11.8 Å². The summed E-state index contributed by atoms with van der Waals surface area (Å²) < 4.78 is 20.8. The van der Waals surface area contributed by atoms with Crippen LogP contribution in [0.15, 0.2) is 4.76 Å². The molecule has 0 saturated carbocycles. The third-order valence-electron chi connectivity index (χ3n) is 1.65. The second-order valence-corrected chi connectivity index (χ2v) is 7.90. The van der Waals surface area contributed by atoms with E-state index in [1.165, 1.54) is 18.5 Å². The van der Waals surface area contributed by atoms with Gasteiger partial charge in [0.2, 0.25) is 0 Å². The quantitative estimate of drug-likeness (QED) is 0.707. The number of rotatable bonds is 3. The highest BCUT2D eigenvalue weighted by Gasteiger charge is 2.24. The van der Waals surface area contributed by atoms with Crippen molar-refractivity contribution in [3.05, 3.63) is 0 Å². The van der Waals surface area contributed by atoms with E-state index < -0.39 is 6.72 Å². The van der Waals surface area contributed by atoms with E-state index in [2.05, 4.69) is 4.76 Å². The topological polar surface area (TPSA) is 41.9 Å². The van der Waals surface area contributed by atoms with Crippen LogP contribution in [-0.4, -0.2) is 42.8 Å². The first-order chi connectivity index (χ1) is 6.11. The first-order valence-corrected chi connectivity index (χ1v) is 8.16. The summed E-state index contributed by atoms with van der Waals surface area (Å²) in [4.78, 5) is 1.99. The molecule has 0 spiro atoms. The van der Waals surface area contributed by atoms with Gasteiger partial charge in [0, 0.05) is 26.5 Å². The molecule has 0 aliphatic carbocycles. The van der Waals surface area contributed by atoms with Crippen molar-refractivity contribution < 1.29 is 9.09 Å². The number of amidine groups is 1. The summed E-state index contributed by atoms with van der Waals surface area (Å²) in [5.41, 5.74) is 0. The molecule has 0 bridgehead atoms. The van der Waals surface area contributed by atoms with Crippen molar-refractivity contribution in [2.75, 3.05) is 32.7 Å². The fourth-order valence-electron chi connectivity index (χ4n) is 0.846. The number of hydrogen-bond acceptors (Lipinski definition) is 4. The predicted molar refractivity (Wildman–Crippen MR) is 60.7 cm³/mol. The number of hydrogen-bond donors (Lipinski definition) is 0. The highest BCUT2D eigenvalue weighted by atomic mass is 32.7. The molecule has 1 fully saturated rings. The van der Waals surface area contributed by atoms with Crippen molar-refractivity contribution in [3.8, 4) is 0 Å². The van der Waals surface area contributed by atoms with Crippen molar-refractivity contribution in [2.45, 2.75) is 0 Å². The maximum Gasteiger partial charge on any atom is 0.373 e. The number of thioether (sulfide) groups is 1. The molecule has 0 N–H and O–H groups in total. The molecule has 13 heavy (non-hydrogen) atoms. The summed E-state index contributed by atoms with van der Waals surface area (Å²) in [6.07, 6.45) is 1.74. The molecule has 7 heteroatoms. The monoisotopic (exact) mass is 240 g/mol. The van der Waals surface area contributed by atoms with Crippen molar-refractivity contribution >= 4 is 35.0 Å². The lowest BCUT2D eigenvalue weighted by Crippen LogP contribution is -2.17. The van der Waals surface area contributed by atoms with Crippen molar-refractivity contribution in [1.29, 1.82) is 0 Å². The average Bonchev–Trinajstić information content (AvgIpc) is 2.52. The first kappa shape index (κ1) is 11.4. The predicted octanol–water partition coefficient (Wildman–Crippen LogP) is 2.14. The summed E-state index contributed by atoms with van der Waals surface area (Å²) in [7, 11) is 3.38. The highest BCUT2D eigenvalue weighted by molar-refractivity contribution is 8.56. The molecule has 4 nitrogen and oxygen atoms in total. The Kier molecular flexibility index (Phi) is 4.16. The zero-order chi connectivity index (χ0) is 9.90. The van der Waals surface area contributed by atoms with Gasteiger partial charge in [-0.25, -0.2) is 0 Å². The van der Waals surface area contributed by atoms with Crippen LogP contribution in [0.3, 0.4) is 0 Å². The molecule has 0 aromatic rings. The molecule has 0 amide bonds. The van der Waals surface area contributed by atoms with Gasteiger partial charge >= 0.3 is 6.72 Å². The van der Waals surface area contributed by atoms with E-state index in [9.17, 15) is 4.57 Å². The van der Waals surface area contributed by atoms with Crippen molar-refractivity contribution in [1.82, 2.24) is 4.90 Å². The molecule has 1 aliphatic rings. The first-order valence-electron chi connectivity index (χ1n) is 3.77. The van der Waals surface area contributed by atoms with Crippen LogP contribution in [0.2, 0.25) is 0 Å². The fraction of sp³-hybridized carbons (Fsp3) is 0.833. The van der Waals surface area contributed by atoms with E-state index in [1.807, 2.05) is 11.9 Å². The second-order valence-electron chi connectivity index (χ2n) is 2.49. The van der Waals surface area contributed by atoms with Gasteiger partial charge in [0.05, 0.1) is 0 Å². The van der Waals surface area contributed by atoms with Gasteiger partial charge in [-0.2, -0.15) is 4.76 Å². The Balaban J connectivity index is 2.78. The van der Waals surface area contributed by atoms with Gasteiger partial charge in [0.25, 0.3) is 0 Å². The van der Waals surface area contributed by atoms with Gasteiger partial charge in [-0.05, 0) is 17.6 Å². The molecule has 1 aliphatic heterocycles. The molecular formula is C6H13N2O2PS2. The lowest BCUT2D eigenvalue weighted by Gasteiger charge is -2.13. The van der Waals surface area contributed by atoms with Crippen LogP contribution in [0.25, 0.3) is 0 Å². The summed E-state index contributed by atoms with van der Waals surface area (Å²) >= 11 is 2.79. The smallest absolute Gasteiger partial charge is 0.353 e. The summed E-state index contributed by atoms with van der Waals surface area (Å²) in [6, 6.07) is 0. The summed E-state index contributed by atoms with van der Waals surface area (Å²) in [5, 5.41) is 0.819. The van der Waals surface area contributed by atoms with Gasteiger partial charge < -0.3 is 9.42 Å². The molecule has 1 atom stereocenters.